The predicted molar refractivity (Wildman–Crippen MR) is 68.4 cm³/mol. The van der Waals surface area contributed by atoms with Gasteiger partial charge in [-0.15, -0.1) is 0 Å². The number of carbonyl (C=O) groups is 2. The van der Waals surface area contributed by atoms with Gasteiger partial charge in [0.15, 0.2) is 5.25 Å². The summed E-state index contributed by atoms with van der Waals surface area (Å²) >= 11 is 0. The van der Waals surface area contributed by atoms with Crippen molar-refractivity contribution in [3.8, 4) is 0 Å². The quantitative estimate of drug-likeness (QED) is 0.677. The lowest BCUT2D eigenvalue weighted by molar-refractivity contribution is -0.118. The zero-order valence-corrected chi connectivity index (χ0v) is 11.6. The molecule has 0 aromatic heterocycles. The summed E-state index contributed by atoms with van der Waals surface area (Å²) < 4.78 is 26.1. The fourth-order valence-electron chi connectivity index (χ4n) is 2.15. The third-order valence-electron chi connectivity index (χ3n) is 3.25. The summed E-state index contributed by atoms with van der Waals surface area (Å²) in [5, 5.41) is 0.537. The molecule has 2 aliphatic heterocycles. The van der Waals surface area contributed by atoms with Crippen molar-refractivity contribution in [2.24, 2.45) is 4.99 Å². The van der Waals surface area contributed by atoms with Gasteiger partial charge in [-0.2, -0.15) is 4.31 Å². The summed E-state index contributed by atoms with van der Waals surface area (Å²) in [6, 6.07) is -0.813. The highest BCUT2D eigenvalue weighted by atomic mass is 32.2. The number of carbonyl (C=O) groups excluding carboxylic acids is 2. The first-order valence-electron chi connectivity index (χ1n) is 5.90. The van der Waals surface area contributed by atoms with Gasteiger partial charge in [-0.05, 0) is 14.0 Å². The standard InChI is InChI=1S/C10H16N4O4S/c1-7-8(9(15)12-10(16)11-7)19(17,18)14-5-3-13(2)4-6-14/h8H,3-6H2,1-2H3,(H,12,15,16). The molecule has 1 unspecified atom stereocenters. The number of nitrogens with zero attached hydrogens (tertiary/aromatic N) is 3. The Morgan fingerprint density at radius 3 is 2.32 bits per heavy atom. The minimum Gasteiger partial charge on any atom is -0.304 e. The lowest BCUT2D eigenvalue weighted by atomic mass is 10.2. The molecule has 1 atom stereocenters. The normalized spacial score (nSPS) is 27.1. The number of likely N-dealkylation sites (N-methyl/N-ethyl adjacent to an activating group) is 1. The first-order chi connectivity index (χ1) is 8.82. The molecule has 0 spiro atoms. The zero-order chi connectivity index (χ0) is 14.2. The maximum atomic E-state index is 12.4. The lowest BCUT2D eigenvalue weighted by Crippen LogP contribution is -2.57. The number of rotatable bonds is 2. The van der Waals surface area contributed by atoms with E-state index in [-0.39, 0.29) is 5.71 Å². The molecule has 1 N–H and O–H groups in total. The van der Waals surface area contributed by atoms with E-state index in [4.69, 9.17) is 0 Å². The van der Waals surface area contributed by atoms with Crippen molar-refractivity contribution in [3.05, 3.63) is 0 Å². The second-order valence-electron chi connectivity index (χ2n) is 4.67. The van der Waals surface area contributed by atoms with Crippen LogP contribution in [0, 0.1) is 0 Å². The Bertz CT molecular complexity index is 534. The van der Waals surface area contributed by atoms with E-state index in [2.05, 4.69) is 4.99 Å². The molecule has 8 nitrogen and oxygen atoms in total. The molecule has 2 rings (SSSR count). The van der Waals surface area contributed by atoms with Crippen LogP contribution in [0.25, 0.3) is 0 Å². The molecule has 19 heavy (non-hydrogen) atoms. The van der Waals surface area contributed by atoms with Crippen LogP contribution in [0.15, 0.2) is 4.99 Å². The average molecular weight is 288 g/mol. The molecule has 106 valence electrons. The van der Waals surface area contributed by atoms with Gasteiger partial charge in [0.05, 0.1) is 0 Å². The van der Waals surface area contributed by atoms with Crippen LogP contribution >= 0.6 is 0 Å². The number of urea groups is 1. The van der Waals surface area contributed by atoms with Crippen LogP contribution in [0.2, 0.25) is 0 Å². The molecule has 0 radical (unpaired) electrons. The van der Waals surface area contributed by atoms with E-state index in [1.807, 2.05) is 17.3 Å². The topological polar surface area (TPSA) is 99.1 Å². The van der Waals surface area contributed by atoms with Crippen LogP contribution < -0.4 is 5.32 Å². The molecular formula is C10H16N4O4S. The monoisotopic (exact) mass is 288 g/mol. The van der Waals surface area contributed by atoms with E-state index in [9.17, 15) is 18.0 Å². The summed E-state index contributed by atoms with van der Waals surface area (Å²) in [6.07, 6.45) is 0. The van der Waals surface area contributed by atoms with Gasteiger partial charge < -0.3 is 4.90 Å². The lowest BCUT2D eigenvalue weighted by Gasteiger charge is -2.34. The van der Waals surface area contributed by atoms with E-state index >= 15 is 0 Å². The highest BCUT2D eigenvalue weighted by Gasteiger charge is 2.43. The van der Waals surface area contributed by atoms with E-state index in [1.165, 1.54) is 11.2 Å². The highest BCUT2D eigenvalue weighted by Crippen LogP contribution is 2.16. The van der Waals surface area contributed by atoms with Crippen molar-refractivity contribution < 1.29 is 18.0 Å². The summed E-state index contributed by atoms with van der Waals surface area (Å²) in [5.41, 5.74) is 0.0210. The molecule has 2 heterocycles. The number of hydrogen-bond donors (Lipinski definition) is 1. The third-order valence-corrected chi connectivity index (χ3v) is 5.48. The molecule has 3 amide bonds. The van der Waals surface area contributed by atoms with E-state index in [1.54, 1.807) is 0 Å². The minimum absolute atomic E-state index is 0.0210. The van der Waals surface area contributed by atoms with Crippen LogP contribution in [0.5, 0.6) is 0 Å². The molecule has 0 aromatic rings. The first kappa shape index (κ1) is 14.1. The summed E-state index contributed by atoms with van der Waals surface area (Å²) in [5.74, 6) is -0.823. The van der Waals surface area contributed by atoms with Gasteiger partial charge in [0.1, 0.15) is 0 Å². The van der Waals surface area contributed by atoms with E-state index in [0.717, 1.165) is 0 Å². The predicted octanol–water partition coefficient (Wildman–Crippen LogP) is -1.36. The number of hydrogen-bond acceptors (Lipinski definition) is 5. The van der Waals surface area contributed by atoms with Crippen molar-refractivity contribution in [3.63, 3.8) is 0 Å². The van der Waals surface area contributed by atoms with Gasteiger partial charge in [0, 0.05) is 31.9 Å². The highest BCUT2D eigenvalue weighted by molar-refractivity contribution is 7.91. The number of sulfonamides is 1. The largest absolute Gasteiger partial charge is 0.347 e. The Morgan fingerprint density at radius 1 is 1.21 bits per heavy atom. The van der Waals surface area contributed by atoms with Crippen molar-refractivity contribution in [1.82, 2.24) is 14.5 Å². The van der Waals surface area contributed by atoms with Crippen LogP contribution in [0.4, 0.5) is 4.79 Å². The number of amides is 3. The fourth-order valence-corrected chi connectivity index (χ4v) is 3.93. The third kappa shape index (κ3) is 2.67. The molecule has 2 aliphatic rings. The maximum Gasteiger partial charge on any atom is 0.347 e. The van der Waals surface area contributed by atoms with Gasteiger partial charge in [0.2, 0.25) is 10.0 Å². The molecule has 0 saturated carbocycles. The molecule has 0 aliphatic carbocycles. The van der Waals surface area contributed by atoms with Crippen molar-refractivity contribution in [1.29, 1.82) is 0 Å². The Morgan fingerprint density at radius 2 is 1.79 bits per heavy atom. The fraction of sp³-hybridized carbons (Fsp3) is 0.700. The number of piperazine rings is 1. The average Bonchev–Trinajstić information content (AvgIpc) is 2.27. The second kappa shape index (κ2) is 4.99. The second-order valence-corrected chi connectivity index (χ2v) is 6.69. The molecule has 0 bridgehead atoms. The maximum absolute atomic E-state index is 12.4. The van der Waals surface area contributed by atoms with Gasteiger partial charge >= 0.3 is 6.03 Å². The zero-order valence-electron chi connectivity index (χ0n) is 10.8. The van der Waals surface area contributed by atoms with E-state index in [0.29, 0.717) is 26.2 Å². The number of nitrogens with one attached hydrogen (secondary N) is 1. The summed E-state index contributed by atoms with van der Waals surface area (Å²) in [7, 11) is -1.91. The first-order valence-corrected chi connectivity index (χ1v) is 7.40. The Labute approximate surface area is 111 Å². The van der Waals surface area contributed by atoms with Gasteiger partial charge in [-0.3, -0.25) is 10.1 Å². The number of imide groups is 1. The summed E-state index contributed by atoms with van der Waals surface area (Å²) in [6.45, 7) is 3.29. The SMILES string of the molecule is CC1=NC(=O)NC(=O)C1S(=O)(=O)N1CCN(C)CC1. The van der Waals surface area contributed by atoms with Gasteiger partial charge in [0.25, 0.3) is 5.91 Å². The molecule has 0 aromatic carbocycles. The Balaban J connectivity index is 2.27. The molecule has 1 fully saturated rings. The Hall–Kier alpha value is -1.32. The van der Waals surface area contributed by atoms with Crippen LogP contribution in [0.1, 0.15) is 6.92 Å². The summed E-state index contributed by atoms with van der Waals surface area (Å²) in [4.78, 5) is 28.3. The molecular weight excluding hydrogens is 272 g/mol. The van der Waals surface area contributed by atoms with Crippen molar-refractivity contribution >= 4 is 27.7 Å². The smallest absolute Gasteiger partial charge is 0.304 e. The van der Waals surface area contributed by atoms with Gasteiger partial charge in [-0.1, -0.05) is 0 Å². The Kier molecular flexibility index (Phi) is 3.70. The number of aliphatic imine (C=N–C) groups is 1. The van der Waals surface area contributed by atoms with Crippen molar-refractivity contribution in [2.75, 3.05) is 33.2 Å². The van der Waals surface area contributed by atoms with Crippen LogP contribution in [-0.2, 0) is 14.8 Å². The van der Waals surface area contributed by atoms with Crippen LogP contribution in [-0.4, -0.2) is 73.7 Å². The van der Waals surface area contributed by atoms with Gasteiger partial charge in [-0.25, -0.2) is 18.2 Å². The van der Waals surface area contributed by atoms with Crippen molar-refractivity contribution in [2.45, 2.75) is 12.2 Å². The van der Waals surface area contributed by atoms with E-state index < -0.39 is 27.2 Å². The molecule has 9 heteroatoms. The van der Waals surface area contributed by atoms with Crippen LogP contribution in [0.3, 0.4) is 0 Å². The molecule has 1 saturated heterocycles. The minimum atomic E-state index is -3.82.